The number of morpholine rings is 1. The molecule has 1 amide bonds. The first kappa shape index (κ1) is 18.4. The molecule has 2 aliphatic heterocycles. The third-order valence-corrected chi connectivity index (χ3v) is 4.39. The third-order valence-electron chi connectivity index (χ3n) is 4.10. The van der Waals surface area contributed by atoms with E-state index < -0.39 is 11.9 Å². The van der Waals surface area contributed by atoms with Gasteiger partial charge in [-0.2, -0.15) is 0 Å². The van der Waals surface area contributed by atoms with Gasteiger partial charge in [-0.1, -0.05) is 17.7 Å². The van der Waals surface area contributed by atoms with Crippen molar-refractivity contribution in [3.63, 3.8) is 0 Å². The highest BCUT2D eigenvalue weighted by atomic mass is 35.5. The summed E-state index contributed by atoms with van der Waals surface area (Å²) in [5, 5.41) is 12.6. The molecule has 1 aromatic carbocycles. The molecule has 2 N–H and O–H groups in total. The van der Waals surface area contributed by atoms with Crippen molar-refractivity contribution in [1.82, 2.24) is 10.2 Å². The molecule has 2 fully saturated rings. The van der Waals surface area contributed by atoms with Gasteiger partial charge in [0.15, 0.2) is 0 Å². The van der Waals surface area contributed by atoms with Crippen LogP contribution in [0.3, 0.4) is 0 Å². The van der Waals surface area contributed by atoms with Crippen molar-refractivity contribution >= 4 is 29.9 Å². The summed E-state index contributed by atoms with van der Waals surface area (Å²) in [5.41, 5.74) is 0.753. The summed E-state index contributed by atoms with van der Waals surface area (Å²) in [6.07, 6.45) is -0.354. The maximum absolute atomic E-state index is 13.2. The van der Waals surface area contributed by atoms with E-state index in [-0.39, 0.29) is 35.5 Å². The second-order valence-electron chi connectivity index (χ2n) is 5.67. The number of halogens is 3. The van der Waals surface area contributed by atoms with Crippen LogP contribution in [-0.2, 0) is 9.53 Å². The van der Waals surface area contributed by atoms with Crippen LogP contribution in [0.1, 0.15) is 18.1 Å². The molecule has 2 heterocycles. The highest BCUT2D eigenvalue weighted by Crippen LogP contribution is 2.26. The van der Waals surface area contributed by atoms with Gasteiger partial charge in [-0.3, -0.25) is 4.79 Å². The highest BCUT2D eigenvalue weighted by molar-refractivity contribution is 6.30. The SMILES string of the molecule is Cl.O=C(C1CC(O)CN1)N1CCOC(c2ccc(F)c(Cl)c2)C1. The van der Waals surface area contributed by atoms with Gasteiger partial charge in [-0.25, -0.2) is 4.39 Å². The van der Waals surface area contributed by atoms with E-state index in [1.54, 1.807) is 11.0 Å². The first-order valence-electron chi connectivity index (χ1n) is 7.31. The maximum atomic E-state index is 13.2. The quantitative estimate of drug-likeness (QED) is 0.835. The van der Waals surface area contributed by atoms with E-state index >= 15 is 0 Å². The molecule has 23 heavy (non-hydrogen) atoms. The summed E-state index contributed by atoms with van der Waals surface area (Å²) in [6, 6.07) is 4.12. The topological polar surface area (TPSA) is 61.8 Å². The predicted octanol–water partition coefficient (Wildman–Crippen LogP) is 1.52. The van der Waals surface area contributed by atoms with Crippen LogP contribution in [0.2, 0.25) is 5.02 Å². The molecule has 2 saturated heterocycles. The Morgan fingerprint density at radius 1 is 1.48 bits per heavy atom. The highest BCUT2D eigenvalue weighted by Gasteiger charge is 2.34. The molecule has 1 aromatic rings. The van der Waals surface area contributed by atoms with Crippen LogP contribution in [0.4, 0.5) is 4.39 Å². The Morgan fingerprint density at radius 2 is 2.26 bits per heavy atom. The van der Waals surface area contributed by atoms with E-state index in [0.717, 1.165) is 5.56 Å². The van der Waals surface area contributed by atoms with Crippen LogP contribution in [0.15, 0.2) is 18.2 Å². The summed E-state index contributed by atoms with van der Waals surface area (Å²) in [6.45, 7) is 1.77. The minimum absolute atomic E-state index is 0. The molecule has 128 valence electrons. The standard InChI is InChI=1S/C15H18ClFN2O3.ClH/c16-11-5-9(1-2-12(11)17)14-8-19(3-4-22-14)15(21)13-6-10(20)7-18-13;/h1-2,5,10,13-14,18,20H,3-4,6-8H2;1H. The van der Waals surface area contributed by atoms with Crippen LogP contribution < -0.4 is 5.32 Å². The Hall–Kier alpha value is -0.920. The zero-order valence-corrected chi connectivity index (χ0v) is 13.9. The molecule has 3 rings (SSSR count). The second-order valence-corrected chi connectivity index (χ2v) is 6.07. The van der Waals surface area contributed by atoms with Crippen molar-refractivity contribution < 1.29 is 19.0 Å². The average Bonchev–Trinajstić information content (AvgIpc) is 2.96. The van der Waals surface area contributed by atoms with Gasteiger partial charge in [0.25, 0.3) is 0 Å². The van der Waals surface area contributed by atoms with Crippen LogP contribution in [-0.4, -0.2) is 54.3 Å². The number of benzene rings is 1. The number of amides is 1. The van der Waals surface area contributed by atoms with Gasteiger partial charge in [0.2, 0.25) is 5.91 Å². The molecule has 5 nitrogen and oxygen atoms in total. The van der Waals surface area contributed by atoms with Crippen LogP contribution in [0, 0.1) is 5.82 Å². The monoisotopic (exact) mass is 364 g/mol. The zero-order valence-electron chi connectivity index (χ0n) is 12.4. The first-order valence-corrected chi connectivity index (χ1v) is 7.69. The fourth-order valence-electron chi connectivity index (χ4n) is 2.89. The Balaban J connectivity index is 0.00000192. The van der Waals surface area contributed by atoms with Gasteiger partial charge in [0, 0.05) is 13.1 Å². The van der Waals surface area contributed by atoms with Gasteiger partial charge in [-0.05, 0) is 24.1 Å². The second kappa shape index (κ2) is 7.77. The number of rotatable bonds is 2. The van der Waals surface area contributed by atoms with Gasteiger partial charge >= 0.3 is 0 Å². The molecule has 0 aliphatic carbocycles. The molecule has 0 bridgehead atoms. The van der Waals surface area contributed by atoms with E-state index in [2.05, 4.69) is 5.32 Å². The molecule has 0 radical (unpaired) electrons. The minimum atomic E-state index is -0.474. The summed E-state index contributed by atoms with van der Waals surface area (Å²) >= 11 is 5.80. The molecule has 0 spiro atoms. The molecule has 0 saturated carbocycles. The largest absolute Gasteiger partial charge is 0.392 e. The van der Waals surface area contributed by atoms with Crippen LogP contribution in [0.5, 0.6) is 0 Å². The first-order chi connectivity index (χ1) is 10.5. The molecule has 0 aromatic heterocycles. The lowest BCUT2D eigenvalue weighted by Gasteiger charge is -2.34. The van der Waals surface area contributed by atoms with Crippen LogP contribution in [0.25, 0.3) is 0 Å². The van der Waals surface area contributed by atoms with Gasteiger partial charge in [0.1, 0.15) is 11.9 Å². The Kier molecular flexibility index (Phi) is 6.22. The summed E-state index contributed by atoms with van der Waals surface area (Å²) < 4.78 is 18.9. The maximum Gasteiger partial charge on any atom is 0.239 e. The van der Waals surface area contributed by atoms with Crippen molar-refractivity contribution in [2.75, 3.05) is 26.2 Å². The van der Waals surface area contributed by atoms with E-state index in [1.807, 2.05) is 0 Å². The van der Waals surface area contributed by atoms with Gasteiger partial charge in [-0.15, -0.1) is 12.4 Å². The van der Waals surface area contributed by atoms with Crippen molar-refractivity contribution in [2.24, 2.45) is 0 Å². The van der Waals surface area contributed by atoms with E-state index in [1.165, 1.54) is 12.1 Å². The summed E-state index contributed by atoms with van der Waals surface area (Å²) in [7, 11) is 0. The van der Waals surface area contributed by atoms with Crippen molar-refractivity contribution in [3.8, 4) is 0 Å². The molecular weight excluding hydrogens is 346 g/mol. The fourth-order valence-corrected chi connectivity index (χ4v) is 3.08. The number of aliphatic hydroxyl groups excluding tert-OH is 1. The van der Waals surface area contributed by atoms with Gasteiger partial charge in [0.05, 0.1) is 30.3 Å². The lowest BCUT2D eigenvalue weighted by Crippen LogP contribution is -2.49. The number of hydrogen-bond donors (Lipinski definition) is 2. The molecule has 3 unspecified atom stereocenters. The normalized spacial score (nSPS) is 27.6. The number of nitrogens with one attached hydrogen (secondary N) is 1. The zero-order chi connectivity index (χ0) is 15.7. The number of nitrogens with zero attached hydrogens (tertiary/aromatic N) is 1. The number of ether oxygens (including phenoxy) is 1. The Morgan fingerprint density at radius 3 is 2.91 bits per heavy atom. The summed E-state index contributed by atoms with van der Waals surface area (Å²) in [4.78, 5) is 14.2. The molecule has 8 heteroatoms. The Bertz CT molecular complexity index is 576. The average molecular weight is 365 g/mol. The summed E-state index contributed by atoms with van der Waals surface area (Å²) in [5.74, 6) is -0.503. The number of hydrogen-bond acceptors (Lipinski definition) is 4. The Labute approximate surface area is 145 Å². The molecule has 2 aliphatic rings. The fraction of sp³-hybridized carbons (Fsp3) is 0.533. The van der Waals surface area contributed by atoms with E-state index in [0.29, 0.717) is 32.7 Å². The van der Waals surface area contributed by atoms with Crippen molar-refractivity contribution in [3.05, 3.63) is 34.6 Å². The lowest BCUT2D eigenvalue weighted by atomic mass is 10.1. The molecule has 3 atom stereocenters. The number of β-amino-alcohol motifs (C(OH)–C–C–N with tert-alkyl or cyclic N) is 1. The van der Waals surface area contributed by atoms with E-state index in [4.69, 9.17) is 16.3 Å². The molecular formula is C15H19Cl2FN2O3. The van der Waals surface area contributed by atoms with Crippen LogP contribution >= 0.6 is 24.0 Å². The van der Waals surface area contributed by atoms with Crippen molar-refractivity contribution in [2.45, 2.75) is 24.7 Å². The lowest BCUT2D eigenvalue weighted by molar-refractivity contribution is -0.141. The number of carbonyl (C=O) groups is 1. The van der Waals surface area contributed by atoms with Crippen molar-refractivity contribution in [1.29, 1.82) is 0 Å². The van der Waals surface area contributed by atoms with Gasteiger partial charge < -0.3 is 20.1 Å². The predicted molar refractivity (Wildman–Crippen MR) is 86.3 cm³/mol. The minimum Gasteiger partial charge on any atom is -0.392 e. The van der Waals surface area contributed by atoms with E-state index in [9.17, 15) is 14.3 Å². The number of aliphatic hydroxyl groups is 1. The smallest absolute Gasteiger partial charge is 0.239 e. The third kappa shape index (κ3) is 4.14. The number of carbonyl (C=O) groups excluding carboxylic acids is 1.